The minimum atomic E-state index is -0.456. The zero-order valence-corrected chi connectivity index (χ0v) is 21.7. The predicted octanol–water partition coefficient (Wildman–Crippen LogP) is 7.27. The average Bonchev–Trinajstić information content (AvgIpc) is 3.27. The van der Waals surface area contributed by atoms with Crippen molar-refractivity contribution in [2.24, 2.45) is 0 Å². The molecule has 0 saturated heterocycles. The molecular weight excluding hydrogens is 462 g/mol. The molecule has 6 nitrogen and oxygen atoms in total. The van der Waals surface area contributed by atoms with E-state index >= 15 is 0 Å². The van der Waals surface area contributed by atoms with Crippen LogP contribution in [0.2, 0.25) is 0 Å². The van der Waals surface area contributed by atoms with Crippen molar-refractivity contribution < 1.29 is 14.3 Å². The van der Waals surface area contributed by atoms with Crippen LogP contribution in [0, 0.1) is 6.92 Å². The summed E-state index contributed by atoms with van der Waals surface area (Å²) in [7, 11) is 1.55. The number of unbranched alkanes of at least 4 members (excludes halogenated alkanes) is 4. The first-order valence-electron chi connectivity index (χ1n) is 12.9. The molecule has 1 heterocycles. The first-order valence-corrected chi connectivity index (χ1v) is 12.9. The molecule has 0 radical (unpaired) electrons. The van der Waals surface area contributed by atoms with Gasteiger partial charge in [-0.15, -0.1) is 0 Å². The van der Waals surface area contributed by atoms with Gasteiger partial charge in [0.05, 0.1) is 18.5 Å². The number of para-hydroxylation sites is 2. The minimum Gasteiger partial charge on any atom is -0.493 e. The van der Waals surface area contributed by atoms with E-state index in [-0.39, 0.29) is 0 Å². The first-order chi connectivity index (χ1) is 18.2. The number of imidazole rings is 1. The zero-order valence-electron chi connectivity index (χ0n) is 21.7. The van der Waals surface area contributed by atoms with Gasteiger partial charge in [-0.3, -0.25) is 0 Å². The van der Waals surface area contributed by atoms with Crippen molar-refractivity contribution in [1.82, 2.24) is 14.9 Å². The molecule has 4 rings (SSSR count). The molecule has 0 spiro atoms. The third-order valence-corrected chi connectivity index (χ3v) is 6.35. The van der Waals surface area contributed by atoms with E-state index in [9.17, 15) is 4.79 Å². The standard InChI is InChI=1S/C31H35N3O3/c1-24-33-29(25-16-8-6-9-17-25)30(26-18-10-7-11-19-26)34(24)23-15-5-3-4-14-22-32-31(35)37-28-21-13-12-20-27(28)36-2/h6-13,16-21H,3-5,14-15,22-23H2,1-2H3,(H,32,35). The highest BCUT2D eigenvalue weighted by Crippen LogP contribution is 2.33. The predicted molar refractivity (Wildman–Crippen MR) is 148 cm³/mol. The second kappa shape index (κ2) is 13.3. The van der Waals surface area contributed by atoms with Gasteiger partial charge in [0.2, 0.25) is 0 Å². The van der Waals surface area contributed by atoms with E-state index in [1.807, 2.05) is 24.3 Å². The van der Waals surface area contributed by atoms with Crippen LogP contribution in [-0.2, 0) is 6.54 Å². The highest BCUT2D eigenvalue weighted by molar-refractivity contribution is 5.79. The van der Waals surface area contributed by atoms with Crippen LogP contribution in [0.3, 0.4) is 0 Å². The molecule has 192 valence electrons. The fourth-order valence-electron chi connectivity index (χ4n) is 4.48. The van der Waals surface area contributed by atoms with Gasteiger partial charge in [-0.25, -0.2) is 9.78 Å². The lowest BCUT2D eigenvalue weighted by Gasteiger charge is -2.12. The Bertz CT molecular complexity index is 1270. The third-order valence-electron chi connectivity index (χ3n) is 6.35. The van der Waals surface area contributed by atoms with Gasteiger partial charge in [0.15, 0.2) is 11.5 Å². The molecule has 0 unspecified atom stereocenters. The fraction of sp³-hybridized carbons (Fsp3) is 0.290. The van der Waals surface area contributed by atoms with Crippen LogP contribution in [0.25, 0.3) is 22.5 Å². The summed E-state index contributed by atoms with van der Waals surface area (Å²) in [6.45, 7) is 3.61. The molecule has 1 amide bonds. The Morgan fingerprint density at radius 3 is 2.08 bits per heavy atom. The van der Waals surface area contributed by atoms with E-state index < -0.39 is 6.09 Å². The molecule has 0 bridgehead atoms. The molecule has 0 fully saturated rings. The normalized spacial score (nSPS) is 10.8. The number of benzene rings is 3. The van der Waals surface area contributed by atoms with Crippen molar-refractivity contribution in [3.63, 3.8) is 0 Å². The molecule has 4 aromatic rings. The molecule has 37 heavy (non-hydrogen) atoms. The van der Waals surface area contributed by atoms with E-state index in [1.165, 1.54) is 11.3 Å². The number of carbonyl (C=O) groups excluding carboxylic acids is 1. The molecule has 3 aromatic carbocycles. The Hall–Kier alpha value is -4.06. The lowest BCUT2D eigenvalue weighted by Crippen LogP contribution is -2.27. The number of aromatic nitrogens is 2. The first kappa shape index (κ1) is 26.0. The molecule has 0 saturated carbocycles. The molecule has 1 N–H and O–H groups in total. The number of aryl methyl sites for hydroxylation is 1. The Morgan fingerprint density at radius 1 is 0.784 bits per heavy atom. The maximum Gasteiger partial charge on any atom is 0.412 e. The number of methoxy groups -OCH3 is 1. The Morgan fingerprint density at radius 2 is 1.38 bits per heavy atom. The van der Waals surface area contributed by atoms with Gasteiger partial charge < -0.3 is 19.4 Å². The molecule has 0 aliphatic rings. The summed E-state index contributed by atoms with van der Waals surface area (Å²) >= 11 is 0. The van der Waals surface area contributed by atoms with Gasteiger partial charge in [-0.05, 0) is 31.9 Å². The van der Waals surface area contributed by atoms with Gasteiger partial charge in [0, 0.05) is 24.2 Å². The molecule has 0 atom stereocenters. The van der Waals surface area contributed by atoms with E-state index in [0.717, 1.165) is 55.7 Å². The fourth-order valence-corrected chi connectivity index (χ4v) is 4.48. The highest BCUT2D eigenvalue weighted by atomic mass is 16.6. The van der Waals surface area contributed by atoms with Gasteiger partial charge in [0.1, 0.15) is 5.82 Å². The maximum absolute atomic E-state index is 12.1. The quantitative estimate of drug-likeness (QED) is 0.209. The number of carbonyl (C=O) groups is 1. The van der Waals surface area contributed by atoms with Crippen molar-refractivity contribution in [3.8, 4) is 34.0 Å². The molecule has 0 aliphatic heterocycles. The summed E-state index contributed by atoms with van der Waals surface area (Å²) in [5, 5.41) is 2.82. The number of amides is 1. The number of hydrogen-bond donors (Lipinski definition) is 1. The SMILES string of the molecule is COc1ccccc1OC(=O)NCCCCCCCn1c(C)nc(-c2ccccc2)c1-c1ccccc1. The third kappa shape index (κ3) is 7.00. The van der Waals surface area contributed by atoms with Crippen LogP contribution in [-0.4, -0.2) is 29.3 Å². The van der Waals surface area contributed by atoms with Gasteiger partial charge >= 0.3 is 6.09 Å². The van der Waals surface area contributed by atoms with Crippen molar-refractivity contribution in [2.75, 3.05) is 13.7 Å². The van der Waals surface area contributed by atoms with Crippen LogP contribution in [0.4, 0.5) is 4.79 Å². The lowest BCUT2D eigenvalue weighted by molar-refractivity contribution is 0.198. The second-order valence-corrected chi connectivity index (χ2v) is 8.97. The Labute approximate surface area is 219 Å². The molecule has 6 heteroatoms. The summed E-state index contributed by atoms with van der Waals surface area (Å²) in [6, 6.07) is 28.1. The Balaban J connectivity index is 1.24. The summed E-state index contributed by atoms with van der Waals surface area (Å²) in [4.78, 5) is 17.0. The van der Waals surface area contributed by atoms with E-state index in [1.54, 1.807) is 19.2 Å². The van der Waals surface area contributed by atoms with Gasteiger partial charge in [-0.2, -0.15) is 0 Å². The van der Waals surface area contributed by atoms with Crippen LogP contribution in [0.1, 0.15) is 37.9 Å². The van der Waals surface area contributed by atoms with Crippen molar-refractivity contribution in [3.05, 3.63) is 90.8 Å². The van der Waals surface area contributed by atoms with Crippen molar-refractivity contribution in [1.29, 1.82) is 0 Å². The van der Waals surface area contributed by atoms with Crippen molar-refractivity contribution in [2.45, 2.75) is 45.6 Å². The van der Waals surface area contributed by atoms with Crippen LogP contribution in [0.5, 0.6) is 11.5 Å². The number of hydrogen-bond acceptors (Lipinski definition) is 4. The maximum atomic E-state index is 12.1. The van der Waals surface area contributed by atoms with E-state index in [0.29, 0.717) is 18.0 Å². The topological polar surface area (TPSA) is 65.4 Å². The average molecular weight is 498 g/mol. The summed E-state index contributed by atoms with van der Waals surface area (Å²) < 4.78 is 12.9. The zero-order chi connectivity index (χ0) is 25.9. The van der Waals surface area contributed by atoms with Crippen molar-refractivity contribution >= 4 is 6.09 Å². The lowest BCUT2D eigenvalue weighted by atomic mass is 10.0. The minimum absolute atomic E-state index is 0.419. The molecule has 0 aliphatic carbocycles. The highest BCUT2D eigenvalue weighted by Gasteiger charge is 2.17. The van der Waals surface area contributed by atoms with Crippen LogP contribution < -0.4 is 14.8 Å². The van der Waals surface area contributed by atoms with Gasteiger partial charge in [-0.1, -0.05) is 92.1 Å². The monoisotopic (exact) mass is 497 g/mol. The smallest absolute Gasteiger partial charge is 0.412 e. The number of nitrogens with zero attached hydrogens (tertiary/aromatic N) is 2. The summed E-state index contributed by atoms with van der Waals surface area (Å²) in [5.41, 5.74) is 4.55. The summed E-state index contributed by atoms with van der Waals surface area (Å²) in [5.74, 6) is 2.00. The van der Waals surface area contributed by atoms with Crippen LogP contribution in [0.15, 0.2) is 84.9 Å². The molecule has 1 aromatic heterocycles. The van der Waals surface area contributed by atoms with E-state index in [2.05, 4.69) is 65.3 Å². The molecular formula is C31H35N3O3. The largest absolute Gasteiger partial charge is 0.493 e. The Kier molecular flexibility index (Phi) is 9.35. The second-order valence-electron chi connectivity index (χ2n) is 8.97. The van der Waals surface area contributed by atoms with E-state index in [4.69, 9.17) is 14.5 Å². The number of nitrogens with one attached hydrogen (secondary N) is 1. The van der Waals surface area contributed by atoms with Gasteiger partial charge in [0.25, 0.3) is 0 Å². The van der Waals surface area contributed by atoms with Crippen LogP contribution >= 0.6 is 0 Å². The number of ether oxygens (including phenoxy) is 2. The summed E-state index contributed by atoms with van der Waals surface area (Å²) in [6.07, 6.45) is 4.83. The number of rotatable bonds is 12.